The molecule has 2 aliphatic rings. The minimum absolute atomic E-state index is 0.383. The van der Waals surface area contributed by atoms with Gasteiger partial charge < -0.3 is 10.2 Å². The number of aliphatic imine (C=N–C) groups is 1. The van der Waals surface area contributed by atoms with Crippen molar-refractivity contribution < 1.29 is 0 Å². The number of guanidine groups is 1. The highest BCUT2D eigenvalue weighted by Gasteiger charge is 2.22. The molecule has 1 atom stereocenters. The maximum atomic E-state index is 5.47. The average Bonchev–Trinajstić information content (AvgIpc) is 2.30. The summed E-state index contributed by atoms with van der Waals surface area (Å²) in [5.74, 6) is 4.22. The molecule has 1 fully saturated rings. The molecule has 3 heteroatoms. The lowest BCUT2D eigenvalue weighted by atomic mass is 9.99. The van der Waals surface area contributed by atoms with Crippen LogP contribution in [0.3, 0.4) is 0 Å². The number of hydrogen-bond acceptors (Lipinski definition) is 3. The van der Waals surface area contributed by atoms with Gasteiger partial charge in [-0.2, -0.15) is 0 Å². The fraction of sp³-hybridized carbons (Fsp3) is 0.583. The van der Waals surface area contributed by atoms with Crippen LogP contribution in [-0.2, 0) is 0 Å². The first-order valence-electron chi connectivity index (χ1n) is 5.45. The molecule has 80 valence electrons. The van der Waals surface area contributed by atoms with Crippen LogP contribution >= 0.6 is 0 Å². The van der Waals surface area contributed by atoms with E-state index in [9.17, 15) is 0 Å². The van der Waals surface area contributed by atoms with Crippen molar-refractivity contribution in [3.8, 4) is 12.3 Å². The second-order valence-electron chi connectivity index (χ2n) is 4.20. The highest BCUT2D eigenvalue weighted by Crippen LogP contribution is 2.16. The highest BCUT2D eigenvalue weighted by atomic mass is 15.3. The molecule has 0 aromatic rings. The third-order valence-corrected chi connectivity index (χ3v) is 2.91. The Balaban J connectivity index is 1.99. The van der Waals surface area contributed by atoms with E-state index in [0.29, 0.717) is 5.92 Å². The molecule has 0 aliphatic carbocycles. The van der Waals surface area contributed by atoms with Gasteiger partial charge in [0.15, 0.2) is 5.96 Å². The zero-order valence-corrected chi connectivity index (χ0v) is 9.00. The Labute approximate surface area is 91.3 Å². The van der Waals surface area contributed by atoms with E-state index in [1.807, 2.05) is 0 Å². The lowest BCUT2D eigenvalue weighted by Crippen LogP contribution is -2.48. The number of likely N-dealkylation sites (tertiary alicyclic amines) is 1. The molecule has 15 heavy (non-hydrogen) atoms. The van der Waals surface area contributed by atoms with Crippen molar-refractivity contribution in [3.63, 3.8) is 0 Å². The predicted octanol–water partition coefficient (Wildman–Crippen LogP) is 0.847. The summed E-state index contributed by atoms with van der Waals surface area (Å²) < 4.78 is 0. The lowest BCUT2D eigenvalue weighted by Gasteiger charge is -2.34. The number of hydrogen-bond donors (Lipinski definition) is 1. The molecule has 0 spiro atoms. The van der Waals surface area contributed by atoms with Crippen molar-refractivity contribution in [2.45, 2.75) is 12.8 Å². The second-order valence-corrected chi connectivity index (χ2v) is 4.20. The van der Waals surface area contributed by atoms with Gasteiger partial charge in [-0.15, -0.1) is 12.3 Å². The molecule has 1 N–H and O–H groups in total. The number of piperidine rings is 1. The van der Waals surface area contributed by atoms with E-state index in [-0.39, 0.29) is 0 Å². The van der Waals surface area contributed by atoms with Gasteiger partial charge in [0.2, 0.25) is 0 Å². The van der Waals surface area contributed by atoms with Gasteiger partial charge in [0.25, 0.3) is 0 Å². The maximum Gasteiger partial charge on any atom is 0.194 e. The molecule has 0 aromatic carbocycles. The van der Waals surface area contributed by atoms with E-state index in [1.54, 1.807) is 0 Å². The summed E-state index contributed by atoms with van der Waals surface area (Å²) in [6, 6.07) is 0. The SMILES string of the molecule is C#CC1CCCN(C2=NCC(=C)CN2)C1. The fourth-order valence-electron chi connectivity index (χ4n) is 2.02. The van der Waals surface area contributed by atoms with Crippen molar-refractivity contribution in [2.24, 2.45) is 10.9 Å². The van der Waals surface area contributed by atoms with Crippen molar-refractivity contribution in [3.05, 3.63) is 12.2 Å². The number of nitrogens with zero attached hydrogens (tertiary/aromatic N) is 2. The van der Waals surface area contributed by atoms with Crippen LogP contribution in [0.4, 0.5) is 0 Å². The van der Waals surface area contributed by atoms with Crippen molar-refractivity contribution in [2.75, 3.05) is 26.2 Å². The third-order valence-electron chi connectivity index (χ3n) is 2.91. The van der Waals surface area contributed by atoms with Crippen LogP contribution in [0.15, 0.2) is 17.1 Å². The standard InChI is InChI=1S/C12H17N3/c1-3-11-5-4-6-15(9-11)12-13-7-10(2)8-14-12/h1,11H,2,4-9H2,(H,13,14). The van der Waals surface area contributed by atoms with E-state index in [1.165, 1.54) is 0 Å². The lowest BCUT2D eigenvalue weighted by molar-refractivity contribution is 0.290. The molecule has 0 saturated carbocycles. The summed E-state index contributed by atoms with van der Waals surface area (Å²) in [5, 5.41) is 3.29. The summed E-state index contributed by atoms with van der Waals surface area (Å²) in [7, 11) is 0. The van der Waals surface area contributed by atoms with E-state index in [0.717, 1.165) is 50.6 Å². The maximum absolute atomic E-state index is 5.47. The fourth-order valence-corrected chi connectivity index (χ4v) is 2.02. The van der Waals surface area contributed by atoms with Crippen molar-refractivity contribution >= 4 is 5.96 Å². The molecule has 2 rings (SSSR count). The predicted molar refractivity (Wildman–Crippen MR) is 62.6 cm³/mol. The van der Waals surface area contributed by atoms with Crippen LogP contribution < -0.4 is 5.32 Å². The summed E-state index contributed by atoms with van der Waals surface area (Å²) >= 11 is 0. The van der Waals surface area contributed by atoms with Gasteiger partial charge >= 0.3 is 0 Å². The summed E-state index contributed by atoms with van der Waals surface area (Å²) in [4.78, 5) is 6.73. The van der Waals surface area contributed by atoms with Gasteiger partial charge in [-0.25, -0.2) is 4.99 Å². The van der Waals surface area contributed by atoms with E-state index >= 15 is 0 Å². The van der Waals surface area contributed by atoms with Crippen LogP contribution in [0.5, 0.6) is 0 Å². The zero-order chi connectivity index (χ0) is 10.7. The van der Waals surface area contributed by atoms with Gasteiger partial charge in [-0.05, 0) is 18.4 Å². The molecule has 3 nitrogen and oxygen atoms in total. The molecule has 0 amide bonds. The summed E-state index contributed by atoms with van der Waals surface area (Å²) in [6.45, 7) is 7.50. The van der Waals surface area contributed by atoms with Crippen LogP contribution in [0.1, 0.15) is 12.8 Å². The second kappa shape index (κ2) is 4.39. The topological polar surface area (TPSA) is 27.6 Å². The summed E-state index contributed by atoms with van der Waals surface area (Å²) in [6.07, 6.45) is 7.78. The molecule has 0 radical (unpaired) electrons. The molecule has 2 aliphatic heterocycles. The number of nitrogens with one attached hydrogen (secondary N) is 1. The Morgan fingerprint density at radius 2 is 2.47 bits per heavy atom. The highest BCUT2D eigenvalue weighted by molar-refractivity contribution is 5.81. The molecular weight excluding hydrogens is 186 g/mol. The van der Waals surface area contributed by atoms with Crippen LogP contribution in [0.25, 0.3) is 0 Å². The van der Waals surface area contributed by atoms with Gasteiger partial charge in [0.05, 0.1) is 6.54 Å². The van der Waals surface area contributed by atoms with Gasteiger partial charge in [-0.3, -0.25) is 0 Å². The smallest absolute Gasteiger partial charge is 0.194 e. The first kappa shape index (κ1) is 10.1. The Bertz CT molecular complexity index is 324. The molecule has 1 unspecified atom stereocenters. The van der Waals surface area contributed by atoms with E-state index < -0.39 is 0 Å². The van der Waals surface area contributed by atoms with E-state index in [2.05, 4.69) is 27.7 Å². The Morgan fingerprint density at radius 3 is 3.13 bits per heavy atom. The third kappa shape index (κ3) is 2.33. The monoisotopic (exact) mass is 203 g/mol. The minimum atomic E-state index is 0.383. The van der Waals surface area contributed by atoms with Crippen LogP contribution in [0, 0.1) is 18.3 Å². The van der Waals surface area contributed by atoms with Gasteiger partial charge in [0, 0.05) is 25.6 Å². The van der Waals surface area contributed by atoms with Crippen molar-refractivity contribution in [1.82, 2.24) is 10.2 Å². The first-order valence-corrected chi connectivity index (χ1v) is 5.45. The van der Waals surface area contributed by atoms with Crippen LogP contribution in [-0.4, -0.2) is 37.0 Å². The number of rotatable bonds is 0. The zero-order valence-electron chi connectivity index (χ0n) is 9.00. The van der Waals surface area contributed by atoms with Crippen LogP contribution in [0.2, 0.25) is 0 Å². The Hall–Kier alpha value is -1.43. The largest absolute Gasteiger partial charge is 0.352 e. The van der Waals surface area contributed by atoms with Gasteiger partial charge in [-0.1, -0.05) is 6.58 Å². The number of terminal acetylenes is 1. The molecule has 0 bridgehead atoms. The van der Waals surface area contributed by atoms with Gasteiger partial charge in [0.1, 0.15) is 0 Å². The molecule has 0 aromatic heterocycles. The molecule has 1 saturated heterocycles. The minimum Gasteiger partial charge on any atom is -0.352 e. The van der Waals surface area contributed by atoms with E-state index in [4.69, 9.17) is 6.42 Å². The molecule has 2 heterocycles. The Morgan fingerprint density at radius 1 is 1.60 bits per heavy atom. The normalized spacial score (nSPS) is 26.6. The average molecular weight is 203 g/mol. The quantitative estimate of drug-likeness (QED) is 0.467. The van der Waals surface area contributed by atoms with Crippen molar-refractivity contribution in [1.29, 1.82) is 0 Å². The molecular formula is C12H17N3. The summed E-state index contributed by atoms with van der Waals surface area (Å²) in [5.41, 5.74) is 1.14. The Kier molecular flexibility index (Phi) is 2.96. The first-order chi connectivity index (χ1) is 7.29.